The van der Waals surface area contributed by atoms with Crippen LogP contribution in [0, 0.1) is 0 Å². The van der Waals surface area contributed by atoms with Crippen LogP contribution < -0.4 is 4.90 Å². The molecule has 0 spiro atoms. The molecule has 2 aromatic heterocycles. The molecule has 0 radical (unpaired) electrons. The Hall–Kier alpha value is -6.16. The average Bonchev–Trinajstić information content (AvgIpc) is 3.81. The summed E-state index contributed by atoms with van der Waals surface area (Å²) in [5.41, 5.74) is 12.7. The summed E-state index contributed by atoms with van der Waals surface area (Å²) in [5, 5.41) is 7.48. The molecule has 246 valence electrons. The minimum atomic E-state index is -0.0996. The predicted octanol–water partition coefficient (Wildman–Crippen LogP) is 14.6. The second-order valence-electron chi connectivity index (χ2n) is 14.5. The number of rotatable bonds is 4. The first-order valence-corrected chi connectivity index (χ1v) is 18.7. The topological polar surface area (TPSA) is 16.4 Å². The molecule has 2 nitrogen and oxygen atoms in total. The first-order valence-electron chi connectivity index (χ1n) is 17.9. The highest BCUT2D eigenvalue weighted by molar-refractivity contribution is 7.25. The van der Waals surface area contributed by atoms with E-state index in [1.54, 1.807) is 0 Å². The van der Waals surface area contributed by atoms with Gasteiger partial charge in [-0.05, 0) is 99.3 Å². The lowest BCUT2D eigenvalue weighted by Gasteiger charge is -2.29. The van der Waals surface area contributed by atoms with Crippen LogP contribution in [0.25, 0.3) is 75.1 Å². The molecular formula is C49H33NOS. The molecule has 0 N–H and O–H groups in total. The number of anilines is 3. The summed E-state index contributed by atoms with van der Waals surface area (Å²) in [6.45, 7) is 4.69. The molecular weight excluding hydrogens is 651 g/mol. The number of furan rings is 1. The van der Waals surface area contributed by atoms with Crippen molar-refractivity contribution in [3.8, 4) is 22.3 Å². The average molecular weight is 684 g/mol. The quantitative estimate of drug-likeness (QED) is 0.184. The lowest BCUT2D eigenvalue weighted by atomic mass is 9.82. The van der Waals surface area contributed by atoms with Crippen molar-refractivity contribution in [3.05, 3.63) is 175 Å². The smallest absolute Gasteiger partial charge is 0.137 e. The maximum absolute atomic E-state index is 6.43. The van der Waals surface area contributed by atoms with Gasteiger partial charge in [-0.15, -0.1) is 11.3 Å². The van der Waals surface area contributed by atoms with Crippen molar-refractivity contribution >= 4 is 81.3 Å². The van der Waals surface area contributed by atoms with E-state index in [1.807, 2.05) is 23.5 Å². The molecule has 0 unspecified atom stereocenters. The first kappa shape index (κ1) is 29.6. The summed E-state index contributed by atoms with van der Waals surface area (Å²) in [4.78, 5) is 2.41. The van der Waals surface area contributed by atoms with Gasteiger partial charge in [-0.3, -0.25) is 0 Å². The van der Waals surface area contributed by atoms with Crippen molar-refractivity contribution in [1.82, 2.24) is 0 Å². The van der Waals surface area contributed by atoms with Crippen LogP contribution in [-0.2, 0) is 5.41 Å². The van der Waals surface area contributed by atoms with E-state index in [2.05, 4.69) is 170 Å². The van der Waals surface area contributed by atoms with Gasteiger partial charge in [-0.1, -0.05) is 111 Å². The third-order valence-electron chi connectivity index (χ3n) is 11.2. The molecule has 0 saturated carbocycles. The van der Waals surface area contributed by atoms with Crippen molar-refractivity contribution < 1.29 is 4.42 Å². The van der Waals surface area contributed by atoms with Gasteiger partial charge in [0.15, 0.2) is 0 Å². The molecule has 3 heteroatoms. The fourth-order valence-corrected chi connectivity index (χ4v) is 9.79. The largest absolute Gasteiger partial charge is 0.456 e. The molecule has 1 aliphatic rings. The van der Waals surface area contributed by atoms with Gasteiger partial charge in [-0.2, -0.15) is 0 Å². The van der Waals surface area contributed by atoms with Gasteiger partial charge in [0.05, 0.1) is 5.69 Å². The van der Waals surface area contributed by atoms with E-state index in [0.717, 1.165) is 39.0 Å². The summed E-state index contributed by atoms with van der Waals surface area (Å²) in [7, 11) is 0. The Labute approximate surface area is 305 Å². The SMILES string of the molecule is CC1(C)c2ccccc2-c2c(N(c3ccc(-c4ccc5cc6c(cc5c4)sc4ccccc46)cc3)c3ccc4c(c3)oc3ccccc34)cccc21. The standard InChI is InChI=1S/C49H33NOS/c1-49(2)41-13-6-3-12-39(41)48-42(49)14-9-15-43(48)50(35-24-25-37-36-10-4-7-16-44(36)51-45(37)29-35)34-22-20-30(21-23-34)31-18-19-32-27-40-38-11-5-8-17-46(38)52-47(40)28-33(32)26-31/h3-29H,1-2H3. The zero-order valence-corrected chi connectivity index (χ0v) is 29.7. The number of para-hydroxylation sites is 1. The van der Waals surface area contributed by atoms with Crippen molar-refractivity contribution in [2.75, 3.05) is 4.90 Å². The van der Waals surface area contributed by atoms with Crippen LogP contribution in [0.1, 0.15) is 25.0 Å². The highest BCUT2D eigenvalue weighted by atomic mass is 32.1. The van der Waals surface area contributed by atoms with E-state index < -0.39 is 0 Å². The maximum atomic E-state index is 6.43. The highest BCUT2D eigenvalue weighted by Crippen LogP contribution is 2.54. The normalized spacial score (nSPS) is 13.3. The molecule has 0 amide bonds. The number of benzene rings is 8. The summed E-state index contributed by atoms with van der Waals surface area (Å²) < 4.78 is 9.10. The van der Waals surface area contributed by atoms with E-state index >= 15 is 0 Å². The van der Waals surface area contributed by atoms with E-state index in [4.69, 9.17) is 4.42 Å². The fourth-order valence-electron chi connectivity index (χ4n) is 8.65. The zero-order chi connectivity index (χ0) is 34.6. The van der Waals surface area contributed by atoms with Crippen LogP contribution in [0.5, 0.6) is 0 Å². The van der Waals surface area contributed by atoms with E-state index in [1.165, 1.54) is 64.3 Å². The fraction of sp³-hybridized carbons (Fsp3) is 0.0612. The van der Waals surface area contributed by atoms with E-state index in [0.29, 0.717) is 0 Å². The van der Waals surface area contributed by atoms with Gasteiger partial charge < -0.3 is 9.32 Å². The van der Waals surface area contributed by atoms with Gasteiger partial charge in [0.25, 0.3) is 0 Å². The monoisotopic (exact) mass is 683 g/mol. The lowest BCUT2D eigenvalue weighted by molar-refractivity contribution is 0.660. The molecule has 0 bridgehead atoms. The third kappa shape index (κ3) is 4.30. The Morgan fingerprint density at radius 1 is 0.481 bits per heavy atom. The predicted molar refractivity (Wildman–Crippen MR) is 222 cm³/mol. The first-order chi connectivity index (χ1) is 25.5. The van der Waals surface area contributed by atoms with Crippen LogP contribution in [0.4, 0.5) is 17.1 Å². The van der Waals surface area contributed by atoms with Crippen molar-refractivity contribution in [3.63, 3.8) is 0 Å². The maximum Gasteiger partial charge on any atom is 0.137 e. The third-order valence-corrected chi connectivity index (χ3v) is 12.4. The molecule has 1 aliphatic carbocycles. The number of thiophene rings is 1. The second kappa shape index (κ2) is 10.9. The van der Waals surface area contributed by atoms with Crippen LogP contribution in [0.15, 0.2) is 168 Å². The van der Waals surface area contributed by atoms with Crippen LogP contribution in [0.2, 0.25) is 0 Å². The highest BCUT2D eigenvalue weighted by Gasteiger charge is 2.37. The Morgan fingerprint density at radius 2 is 1.21 bits per heavy atom. The van der Waals surface area contributed by atoms with Crippen molar-refractivity contribution in [2.24, 2.45) is 0 Å². The molecule has 10 aromatic rings. The van der Waals surface area contributed by atoms with Gasteiger partial charge in [-0.25, -0.2) is 0 Å². The number of nitrogens with zero attached hydrogens (tertiary/aromatic N) is 1. The van der Waals surface area contributed by atoms with Gasteiger partial charge >= 0.3 is 0 Å². The molecule has 52 heavy (non-hydrogen) atoms. The summed E-state index contributed by atoms with van der Waals surface area (Å²) in [5.74, 6) is 0. The van der Waals surface area contributed by atoms with Crippen molar-refractivity contribution in [2.45, 2.75) is 19.3 Å². The lowest BCUT2D eigenvalue weighted by Crippen LogP contribution is -2.16. The zero-order valence-electron chi connectivity index (χ0n) is 28.9. The molecule has 0 saturated heterocycles. The number of hydrogen-bond donors (Lipinski definition) is 0. The number of hydrogen-bond acceptors (Lipinski definition) is 3. The van der Waals surface area contributed by atoms with Crippen LogP contribution in [-0.4, -0.2) is 0 Å². The Balaban J connectivity index is 1.06. The molecule has 0 atom stereocenters. The van der Waals surface area contributed by atoms with Gasteiger partial charge in [0.1, 0.15) is 11.2 Å². The molecule has 11 rings (SSSR count). The summed E-state index contributed by atoms with van der Waals surface area (Å²) >= 11 is 1.87. The Bertz CT molecular complexity index is 3050. The molecule has 0 fully saturated rings. The molecule has 8 aromatic carbocycles. The molecule has 2 heterocycles. The van der Waals surface area contributed by atoms with Crippen LogP contribution >= 0.6 is 11.3 Å². The Morgan fingerprint density at radius 3 is 2.12 bits per heavy atom. The van der Waals surface area contributed by atoms with Gasteiger partial charge in [0, 0.05) is 59.4 Å². The Kier molecular flexibility index (Phi) is 6.21. The van der Waals surface area contributed by atoms with Gasteiger partial charge in [0.2, 0.25) is 0 Å². The van der Waals surface area contributed by atoms with Crippen molar-refractivity contribution in [1.29, 1.82) is 0 Å². The van der Waals surface area contributed by atoms with E-state index in [-0.39, 0.29) is 5.41 Å². The minimum absolute atomic E-state index is 0.0996. The van der Waals surface area contributed by atoms with Crippen LogP contribution in [0.3, 0.4) is 0 Å². The van der Waals surface area contributed by atoms with E-state index in [9.17, 15) is 0 Å². The molecule has 0 aliphatic heterocycles. The second-order valence-corrected chi connectivity index (χ2v) is 15.6. The number of fused-ring (bicyclic) bond motifs is 10. The summed E-state index contributed by atoms with van der Waals surface area (Å²) in [6.07, 6.45) is 0. The summed E-state index contributed by atoms with van der Waals surface area (Å²) in [6, 6.07) is 60.0. The minimum Gasteiger partial charge on any atom is -0.456 e.